The second-order valence-electron chi connectivity index (χ2n) is 9.05. The number of rotatable bonds is 4. The van der Waals surface area contributed by atoms with Gasteiger partial charge in [0.2, 0.25) is 0 Å². The predicted octanol–water partition coefficient (Wildman–Crippen LogP) is 4.17. The molecule has 160 valence electrons. The molecule has 1 aromatic carbocycles. The fourth-order valence-electron chi connectivity index (χ4n) is 4.21. The third-order valence-corrected chi connectivity index (χ3v) is 5.28. The predicted molar refractivity (Wildman–Crippen MR) is 113 cm³/mol. The minimum absolute atomic E-state index is 0.0326. The number of allylic oxidation sites excluding steroid dienone is 3. The van der Waals surface area contributed by atoms with E-state index < -0.39 is 17.9 Å². The van der Waals surface area contributed by atoms with Gasteiger partial charge in [0, 0.05) is 36.2 Å². The van der Waals surface area contributed by atoms with Crippen LogP contribution in [-0.2, 0) is 19.1 Å². The smallest absolute Gasteiger partial charge is 0.337 e. The van der Waals surface area contributed by atoms with Gasteiger partial charge >= 0.3 is 11.9 Å². The number of carbonyl (C=O) groups is 3. The molecule has 0 amide bonds. The summed E-state index contributed by atoms with van der Waals surface area (Å²) in [5.74, 6) is -0.922. The number of nitrogens with one attached hydrogen (secondary N) is 1. The van der Waals surface area contributed by atoms with E-state index in [-0.39, 0.29) is 17.3 Å². The van der Waals surface area contributed by atoms with Gasteiger partial charge in [-0.05, 0) is 50.3 Å². The number of benzene rings is 1. The summed E-state index contributed by atoms with van der Waals surface area (Å²) in [5.41, 5.74) is 3.25. The van der Waals surface area contributed by atoms with Crippen LogP contribution in [0.1, 0.15) is 65.9 Å². The lowest BCUT2D eigenvalue weighted by Crippen LogP contribution is -2.39. The van der Waals surface area contributed by atoms with Crippen LogP contribution in [0.3, 0.4) is 0 Å². The lowest BCUT2D eigenvalue weighted by Gasteiger charge is -2.39. The van der Waals surface area contributed by atoms with Crippen molar-refractivity contribution >= 4 is 17.7 Å². The molecule has 0 saturated carbocycles. The Balaban J connectivity index is 2.11. The van der Waals surface area contributed by atoms with E-state index in [1.165, 1.54) is 6.92 Å². The first kappa shape index (κ1) is 21.8. The Kier molecular flexibility index (Phi) is 5.88. The lowest BCUT2D eigenvalue weighted by molar-refractivity contribution is -0.143. The Hall–Kier alpha value is -2.89. The standard InChI is InChI=1S/C24H29NO5/c1-13(2)29-23(28)20-14(3)25-18-11-24(5,6)12-19(27)22(18)21(20)16-7-9-17(10-8-16)30-15(4)26/h7-10,13,21,25H,11-12H2,1-6H3. The number of Topliss-reactive ketones (excluding diaryl/α,β-unsaturated/α-hetero) is 1. The van der Waals surface area contributed by atoms with Crippen molar-refractivity contribution in [2.24, 2.45) is 5.41 Å². The number of hydrogen-bond acceptors (Lipinski definition) is 6. The largest absolute Gasteiger partial charge is 0.460 e. The van der Waals surface area contributed by atoms with Gasteiger partial charge in [-0.15, -0.1) is 0 Å². The average molecular weight is 411 g/mol. The van der Waals surface area contributed by atoms with Gasteiger partial charge in [-0.2, -0.15) is 0 Å². The second kappa shape index (κ2) is 8.09. The van der Waals surface area contributed by atoms with Crippen molar-refractivity contribution in [1.82, 2.24) is 5.32 Å². The van der Waals surface area contributed by atoms with E-state index in [1.807, 2.05) is 6.92 Å². The van der Waals surface area contributed by atoms with Crippen molar-refractivity contribution in [2.45, 2.75) is 66.4 Å². The van der Waals surface area contributed by atoms with Crippen LogP contribution < -0.4 is 10.1 Å². The second-order valence-corrected chi connectivity index (χ2v) is 9.05. The molecular weight excluding hydrogens is 382 g/mol. The molecule has 1 atom stereocenters. The SMILES string of the molecule is CC(=O)Oc1ccc(C2C(C(=O)OC(C)C)=C(C)NC3=C2C(=O)CC(C)(C)C3)cc1. The van der Waals surface area contributed by atoms with Crippen LogP contribution in [0.4, 0.5) is 0 Å². The van der Waals surface area contributed by atoms with Gasteiger partial charge in [0.15, 0.2) is 5.78 Å². The van der Waals surface area contributed by atoms with Crippen LogP contribution in [0.5, 0.6) is 5.75 Å². The van der Waals surface area contributed by atoms with Crippen molar-refractivity contribution in [3.8, 4) is 5.75 Å². The number of dihydropyridines is 1. The van der Waals surface area contributed by atoms with E-state index in [1.54, 1.807) is 38.1 Å². The number of ether oxygens (including phenoxy) is 2. The van der Waals surface area contributed by atoms with Gasteiger partial charge in [0.05, 0.1) is 11.7 Å². The zero-order chi connectivity index (χ0) is 22.2. The van der Waals surface area contributed by atoms with Gasteiger partial charge in [0.25, 0.3) is 0 Å². The molecule has 0 radical (unpaired) electrons. The summed E-state index contributed by atoms with van der Waals surface area (Å²) >= 11 is 0. The molecule has 6 nitrogen and oxygen atoms in total. The maximum atomic E-state index is 13.2. The topological polar surface area (TPSA) is 81.7 Å². The maximum absolute atomic E-state index is 13.2. The molecule has 0 saturated heterocycles. The monoisotopic (exact) mass is 411 g/mol. The molecule has 2 aliphatic rings. The summed E-state index contributed by atoms with van der Waals surface area (Å²) in [5, 5.41) is 3.31. The highest BCUT2D eigenvalue weighted by molar-refractivity contribution is 6.04. The van der Waals surface area contributed by atoms with E-state index in [0.29, 0.717) is 29.0 Å². The highest BCUT2D eigenvalue weighted by Crippen LogP contribution is 2.47. The van der Waals surface area contributed by atoms with E-state index in [4.69, 9.17) is 9.47 Å². The molecule has 1 aromatic rings. The first-order valence-corrected chi connectivity index (χ1v) is 10.2. The van der Waals surface area contributed by atoms with E-state index in [2.05, 4.69) is 19.2 Å². The summed E-state index contributed by atoms with van der Waals surface area (Å²) in [4.78, 5) is 37.4. The number of carbonyl (C=O) groups excluding carboxylic acids is 3. The third-order valence-electron chi connectivity index (χ3n) is 5.28. The van der Waals surface area contributed by atoms with Gasteiger partial charge in [-0.3, -0.25) is 9.59 Å². The molecule has 1 heterocycles. The summed E-state index contributed by atoms with van der Waals surface area (Å²) in [6.45, 7) is 10.9. The van der Waals surface area contributed by atoms with Gasteiger partial charge in [-0.25, -0.2) is 4.79 Å². The summed E-state index contributed by atoms with van der Waals surface area (Å²) in [7, 11) is 0. The quantitative estimate of drug-likeness (QED) is 0.592. The molecule has 1 unspecified atom stereocenters. The Labute approximate surface area is 177 Å². The highest BCUT2D eigenvalue weighted by Gasteiger charge is 2.43. The van der Waals surface area contributed by atoms with Crippen LogP contribution in [0.2, 0.25) is 0 Å². The van der Waals surface area contributed by atoms with Gasteiger partial charge < -0.3 is 14.8 Å². The van der Waals surface area contributed by atoms with Crippen LogP contribution in [-0.4, -0.2) is 23.8 Å². The van der Waals surface area contributed by atoms with E-state index >= 15 is 0 Å². The molecule has 1 aliphatic heterocycles. The fourth-order valence-corrected chi connectivity index (χ4v) is 4.21. The van der Waals surface area contributed by atoms with Crippen molar-refractivity contribution in [2.75, 3.05) is 0 Å². The van der Waals surface area contributed by atoms with E-state index in [9.17, 15) is 14.4 Å². The Morgan fingerprint density at radius 3 is 2.33 bits per heavy atom. The number of esters is 2. The summed E-state index contributed by atoms with van der Waals surface area (Å²) < 4.78 is 10.6. The zero-order valence-electron chi connectivity index (χ0n) is 18.4. The van der Waals surface area contributed by atoms with Crippen molar-refractivity contribution in [1.29, 1.82) is 0 Å². The van der Waals surface area contributed by atoms with Crippen molar-refractivity contribution < 1.29 is 23.9 Å². The van der Waals surface area contributed by atoms with Gasteiger partial charge in [0.1, 0.15) is 5.75 Å². The molecule has 3 rings (SSSR count). The maximum Gasteiger partial charge on any atom is 0.337 e. The fraction of sp³-hybridized carbons (Fsp3) is 0.458. The summed E-state index contributed by atoms with van der Waals surface area (Å²) in [6, 6.07) is 6.94. The third kappa shape index (κ3) is 4.48. The minimum atomic E-state index is -0.525. The Bertz CT molecular complexity index is 950. The molecular formula is C24H29NO5. The minimum Gasteiger partial charge on any atom is -0.460 e. The number of hydrogen-bond donors (Lipinski definition) is 1. The first-order chi connectivity index (χ1) is 14.0. The van der Waals surface area contributed by atoms with Crippen LogP contribution in [0.15, 0.2) is 46.8 Å². The Morgan fingerprint density at radius 2 is 1.77 bits per heavy atom. The highest BCUT2D eigenvalue weighted by atomic mass is 16.5. The lowest BCUT2D eigenvalue weighted by atomic mass is 9.68. The Morgan fingerprint density at radius 1 is 1.13 bits per heavy atom. The first-order valence-electron chi connectivity index (χ1n) is 10.2. The molecule has 6 heteroatoms. The molecule has 1 N–H and O–H groups in total. The van der Waals surface area contributed by atoms with Crippen LogP contribution in [0.25, 0.3) is 0 Å². The van der Waals surface area contributed by atoms with Crippen LogP contribution in [0, 0.1) is 5.41 Å². The molecule has 1 aliphatic carbocycles. The van der Waals surface area contributed by atoms with Crippen molar-refractivity contribution in [3.63, 3.8) is 0 Å². The summed E-state index contributed by atoms with van der Waals surface area (Å²) in [6.07, 6.45) is 0.863. The molecule has 0 spiro atoms. The van der Waals surface area contributed by atoms with Crippen LogP contribution >= 0.6 is 0 Å². The normalized spacial score (nSPS) is 20.6. The molecule has 0 fully saturated rings. The average Bonchev–Trinajstić information content (AvgIpc) is 2.58. The zero-order valence-corrected chi connectivity index (χ0v) is 18.4. The molecule has 30 heavy (non-hydrogen) atoms. The molecule has 0 aromatic heterocycles. The van der Waals surface area contributed by atoms with E-state index in [0.717, 1.165) is 17.7 Å². The van der Waals surface area contributed by atoms with Gasteiger partial charge in [-0.1, -0.05) is 26.0 Å². The number of ketones is 1. The van der Waals surface area contributed by atoms with Crippen molar-refractivity contribution in [3.05, 3.63) is 52.4 Å². The molecule has 0 bridgehead atoms.